The quantitative estimate of drug-likeness (QED) is 0.261. The molecule has 0 aliphatic heterocycles. The molecule has 3 rings (SSSR count). The van der Waals surface area contributed by atoms with Gasteiger partial charge in [0, 0.05) is 7.05 Å². The molecule has 9 heteroatoms. The third-order valence-corrected chi connectivity index (χ3v) is 5.22. The summed E-state index contributed by atoms with van der Waals surface area (Å²) >= 11 is 0. The summed E-state index contributed by atoms with van der Waals surface area (Å²) in [5.74, 6) is 2.82. The van der Waals surface area contributed by atoms with Crippen LogP contribution in [0.3, 0.4) is 0 Å². The highest BCUT2D eigenvalue weighted by Gasteiger charge is 2.12. The van der Waals surface area contributed by atoms with Gasteiger partial charge in [-0.05, 0) is 55.7 Å². The second-order valence-corrected chi connectivity index (χ2v) is 7.46. The number of aromatic nitrogens is 3. The van der Waals surface area contributed by atoms with Gasteiger partial charge < -0.3 is 19.9 Å². The topological polar surface area (TPSA) is 76.4 Å². The van der Waals surface area contributed by atoms with E-state index in [0.717, 1.165) is 28.5 Å². The summed E-state index contributed by atoms with van der Waals surface area (Å²) in [5, 5.41) is 14.9. The number of ether oxygens (including phenoxy) is 1. The first-order chi connectivity index (χ1) is 14.9. The van der Waals surface area contributed by atoms with Gasteiger partial charge in [-0.3, -0.25) is 0 Å². The van der Waals surface area contributed by atoms with Gasteiger partial charge in [-0.2, -0.15) is 0 Å². The van der Waals surface area contributed by atoms with Gasteiger partial charge in [0.2, 0.25) is 0 Å². The fourth-order valence-corrected chi connectivity index (χ4v) is 2.99. The lowest BCUT2D eigenvalue weighted by atomic mass is 10.1. The van der Waals surface area contributed by atoms with Crippen molar-refractivity contribution in [1.29, 1.82) is 0 Å². The molecule has 3 aromatic rings. The number of nitrogens with zero attached hydrogens (tertiary/aromatic N) is 4. The monoisotopic (exact) mass is 552 g/mol. The van der Waals surface area contributed by atoms with Gasteiger partial charge in [-0.15, -0.1) is 34.2 Å². The van der Waals surface area contributed by atoms with E-state index in [1.54, 1.807) is 26.2 Å². The van der Waals surface area contributed by atoms with E-state index in [1.807, 2.05) is 55.8 Å². The fraction of sp³-hybridized carbons (Fsp3) is 0.348. The highest BCUT2D eigenvalue weighted by atomic mass is 127. The van der Waals surface area contributed by atoms with Crippen LogP contribution in [0.2, 0.25) is 0 Å². The first kappa shape index (κ1) is 25.6. The third-order valence-electron chi connectivity index (χ3n) is 5.22. The number of benzene rings is 2. The second-order valence-electron chi connectivity index (χ2n) is 7.46. The lowest BCUT2D eigenvalue weighted by Gasteiger charge is -2.19. The minimum absolute atomic E-state index is 0. The third kappa shape index (κ3) is 6.65. The van der Waals surface area contributed by atoms with E-state index in [9.17, 15) is 4.39 Å². The molecule has 0 aliphatic carbocycles. The minimum Gasteiger partial charge on any atom is -0.497 e. The molecule has 7 nitrogen and oxygen atoms in total. The molecule has 2 N–H and O–H groups in total. The maximum Gasteiger partial charge on any atom is 0.192 e. The summed E-state index contributed by atoms with van der Waals surface area (Å²) in [4.78, 5) is 4.71. The fourth-order valence-electron chi connectivity index (χ4n) is 2.99. The number of methoxy groups -OCH3 is 1. The highest BCUT2D eigenvalue weighted by molar-refractivity contribution is 14.0. The Hall–Kier alpha value is -2.69. The standard InChI is InChI=1S/C23H29FN6O.HI/c1-15-6-9-19(12-21(15)24)16(2)27-23(26-14-22-29-28-17(3)30(22)4)25-13-18-7-10-20(31-5)11-8-18;/h6-12,16H,13-14H2,1-5H3,(H2,25,26,27);1H. The Morgan fingerprint density at radius 3 is 2.47 bits per heavy atom. The van der Waals surface area contributed by atoms with Crippen molar-refractivity contribution >= 4 is 29.9 Å². The Morgan fingerprint density at radius 2 is 1.88 bits per heavy atom. The molecule has 0 radical (unpaired) electrons. The normalized spacial score (nSPS) is 12.1. The van der Waals surface area contributed by atoms with Gasteiger partial charge in [0.15, 0.2) is 11.8 Å². The van der Waals surface area contributed by atoms with Gasteiger partial charge in [-0.1, -0.05) is 24.3 Å². The molecule has 1 unspecified atom stereocenters. The van der Waals surface area contributed by atoms with Crippen LogP contribution >= 0.6 is 24.0 Å². The van der Waals surface area contributed by atoms with Crippen molar-refractivity contribution in [2.45, 2.75) is 39.9 Å². The predicted octanol–water partition coefficient (Wildman–Crippen LogP) is 4.19. The number of aliphatic imine (C=N–C) groups is 1. The molecule has 0 saturated carbocycles. The maximum absolute atomic E-state index is 14.0. The zero-order valence-electron chi connectivity index (χ0n) is 19.0. The van der Waals surface area contributed by atoms with Gasteiger partial charge in [0.1, 0.15) is 17.4 Å². The second kappa shape index (κ2) is 11.8. The van der Waals surface area contributed by atoms with Crippen LogP contribution < -0.4 is 15.4 Å². The van der Waals surface area contributed by atoms with Gasteiger partial charge >= 0.3 is 0 Å². The molecule has 172 valence electrons. The van der Waals surface area contributed by atoms with Crippen molar-refractivity contribution in [3.05, 3.63) is 76.6 Å². The van der Waals surface area contributed by atoms with Crippen LogP contribution in [0.15, 0.2) is 47.5 Å². The maximum atomic E-state index is 14.0. The molecule has 0 bridgehead atoms. The van der Waals surface area contributed by atoms with E-state index in [-0.39, 0.29) is 35.8 Å². The molecule has 1 heterocycles. The molecule has 0 amide bonds. The van der Waals surface area contributed by atoms with E-state index in [0.29, 0.717) is 24.6 Å². The molecule has 0 fully saturated rings. The number of hydrogen-bond donors (Lipinski definition) is 2. The summed E-state index contributed by atoms with van der Waals surface area (Å²) in [6.45, 7) is 6.57. The molecule has 1 atom stereocenters. The average Bonchev–Trinajstić information content (AvgIpc) is 3.09. The lowest BCUT2D eigenvalue weighted by molar-refractivity contribution is 0.414. The Morgan fingerprint density at radius 1 is 1.16 bits per heavy atom. The Balaban J connectivity index is 0.00000363. The number of hydrogen-bond acceptors (Lipinski definition) is 4. The Labute approximate surface area is 205 Å². The van der Waals surface area contributed by atoms with Crippen molar-refractivity contribution in [3.63, 3.8) is 0 Å². The molecule has 0 saturated heterocycles. The van der Waals surface area contributed by atoms with Gasteiger partial charge in [0.25, 0.3) is 0 Å². The summed E-state index contributed by atoms with van der Waals surface area (Å²) in [7, 11) is 3.56. The zero-order chi connectivity index (χ0) is 22.4. The van der Waals surface area contributed by atoms with Crippen molar-refractivity contribution < 1.29 is 9.13 Å². The highest BCUT2D eigenvalue weighted by Crippen LogP contribution is 2.16. The summed E-state index contributed by atoms with van der Waals surface area (Å²) in [6.07, 6.45) is 0. The van der Waals surface area contributed by atoms with E-state index < -0.39 is 0 Å². The Kier molecular flexibility index (Phi) is 9.42. The molecule has 32 heavy (non-hydrogen) atoms. The van der Waals surface area contributed by atoms with Crippen LogP contribution in [0.4, 0.5) is 4.39 Å². The molecule has 0 spiro atoms. The van der Waals surface area contributed by atoms with Crippen molar-refractivity contribution in [2.24, 2.45) is 12.0 Å². The first-order valence-corrected chi connectivity index (χ1v) is 10.2. The predicted molar refractivity (Wildman–Crippen MR) is 135 cm³/mol. The summed E-state index contributed by atoms with van der Waals surface area (Å²) in [6, 6.07) is 12.9. The van der Waals surface area contributed by atoms with Crippen LogP contribution in [0.1, 0.15) is 41.3 Å². The summed E-state index contributed by atoms with van der Waals surface area (Å²) in [5.41, 5.74) is 2.52. The minimum atomic E-state index is -0.217. The number of halogens is 2. The van der Waals surface area contributed by atoms with Crippen molar-refractivity contribution in [2.75, 3.05) is 7.11 Å². The number of rotatable bonds is 7. The van der Waals surface area contributed by atoms with E-state index >= 15 is 0 Å². The van der Waals surface area contributed by atoms with Gasteiger partial charge in [0.05, 0.1) is 26.2 Å². The van der Waals surface area contributed by atoms with E-state index in [2.05, 4.69) is 20.8 Å². The van der Waals surface area contributed by atoms with Crippen molar-refractivity contribution in [1.82, 2.24) is 25.4 Å². The van der Waals surface area contributed by atoms with Crippen LogP contribution in [0, 0.1) is 19.7 Å². The van der Waals surface area contributed by atoms with Crippen molar-refractivity contribution in [3.8, 4) is 5.75 Å². The summed E-state index contributed by atoms with van der Waals surface area (Å²) < 4.78 is 21.2. The zero-order valence-corrected chi connectivity index (χ0v) is 21.3. The van der Waals surface area contributed by atoms with Crippen LogP contribution in [0.5, 0.6) is 5.75 Å². The molecule has 1 aromatic heterocycles. The number of guanidine groups is 1. The largest absolute Gasteiger partial charge is 0.497 e. The molecule has 2 aromatic carbocycles. The molecular formula is C23H30FIN6O. The molecular weight excluding hydrogens is 522 g/mol. The van der Waals surface area contributed by atoms with E-state index in [4.69, 9.17) is 9.73 Å². The average molecular weight is 552 g/mol. The van der Waals surface area contributed by atoms with E-state index in [1.165, 1.54) is 0 Å². The molecule has 0 aliphatic rings. The lowest BCUT2D eigenvalue weighted by Crippen LogP contribution is -2.39. The Bertz CT molecular complexity index is 1050. The number of nitrogens with one attached hydrogen (secondary N) is 2. The number of aryl methyl sites for hydroxylation is 2. The van der Waals surface area contributed by atoms with Crippen LogP contribution in [-0.2, 0) is 20.1 Å². The first-order valence-electron chi connectivity index (χ1n) is 10.2. The van der Waals surface area contributed by atoms with Gasteiger partial charge in [-0.25, -0.2) is 9.38 Å². The van der Waals surface area contributed by atoms with Crippen LogP contribution in [-0.4, -0.2) is 27.8 Å². The van der Waals surface area contributed by atoms with Crippen LogP contribution in [0.25, 0.3) is 0 Å². The SMILES string of the molecule is COc1ccc(CN=C(NCc2nnc(C)n2C)NC(C)c2ccc(C)c(F)c2)cc1.I. The smallest absolute Gasteiger partial charge is 0.192 e.